The summed E-state index contributed by atoms with van der Waals surface area (Å²) in [6.07, 6.45) is 7.05. The van der Waals surface area contributed by atoms with E-state index in [1.165, 1.54) is 0 Å². The van der Waals surface area contributed by atoms with E-state index in [2.05, 4.69) is 33.1 Å². The van der Waals surface area contributed by atoms with Gasteiger partial charge < -0.3 is 14.6 Å². The Morgan fingerprint density at radius 1 is 1.22 bits per heavy atom. The Balaban J connectivity index is 0.000000753. The van der Waals surface area contributed by atoms with Crippen LogP contribution in [0.4, 0.5) is 5.82 Å². The highest BCUT2D eigenvalue weighted by Gasteiger charge is 2.20. The number of nitrogens with zero attached hydrogens (tertiary/aromatic N) is 4. The number of rotatable bonds is 1. The molecule has 1 atom stereocenters. The van der Waals surface area contributed by atoms with Gasteiger partial charge in [0.05, 0.1) is 11.6 Å². The van der Waals surface area contributed by atoms with Crippen molar-refractivity contribution in [2.24, 2.45) is 7.05 Å². The first kappa shape index (κ1) is 16.1. The summed E-state index contributed by atoms with van der Waals surface area (Å²) in [7, 11) is 2.03. The average Bonchev–Trinajstić information content (AvgIpc) is 2.89. The topological polar surface area (TPSA) is 54.2 Å². The van der Waals surface area contributed by atoms with Crippen LogP contribution in [0.1, 0.15) is 12.8 Å². The quantitative estimate of drug-likeness (QED) is 0.674. The number of hydrogen-bond acceptors (Lipinski definition) is 5. The Hall–Kier alpha value is -1.79. The Kier molecular flexibility index (Phi) is 4.73. The number of hydrogen-bond donors (Lipinski definition) is 2. The second-order valence-electron chi connectivity index (χ2n) is 5.73. The van der Waals surface area contributed by atoms with E-state index in [1.54, 1.807) is 6.26 Å². The van der Waals surface area contributed by atoms with Gasteiger partial charge >= 0.3 is 0 Å². The largest absolute Gasteiger partial charge is 0.391 e. The van der Waals surface area contributed by atoms with Crippen molar-refractivity contribution >= 4 is 40.4 Å². The zero-order valence-corrected chi connectivity index (χ0v) is 14.4. The lowest BCUT2D eigenvalue weighted by Crippen LogP contribution is -2.38. The molecule has 122 valence electrons. The molecule has 1 unspecified atom stereocenters. The van der Waals surface area contributed by atoms with Crippen molar-refractivity contribution in [2.45, 2.75) is 18.9 Å². The molecule has 4 heterocycles. The monoisotopic (exact) mass is 330 g/mol. The van der Waals surface area contributed by atoms with E-state index in [-0.39, 0.29) is 6.10 Å². The van der Waals surface area contributed by atoms with E-state index < -0.39 is 0 Å². The summed E-state index contributed by atoms with van der Waals surface area (Å²) < 4.78 is 2.11. The highest BCUT2D eigenvalue weighted by molar-refractivity contribution is 7.79. The van der Waals surface area contributed by atoms with Crippen LogP contribution in [-0.2, 0) is 7.05 Å². The molecule has 5 nitrogen and oxygen atoms in total. The second-order valence-corrected chi connectivity index (χ2v) is 5.73. The van der Waals surface area contributed by atoms with E-state index in [4.69, 9.17) is 4.98 Å². The molecule has 23 heavy (non-hydrogen) atoms. The number of pyridine rings is 2. The summed E-state index contributed by atoms with van der Waals surface area (Å²) in [5.41, 5.74) is 2.11. The van der Waals surface area contributed by atoms with E-state index in [0.717, 1.165) is 47.1 Å². The minimum atomic E-state index is -0.243. The molecule has 0 spiro atoms. The van der Waals surface area contributed by atoms with Gasteiger partial charge in [-0.05, 0) is 37.3 Å². The smallest absolute Gasteiger partial charge is 0.143 e. The lowest BCUT2D eigenvalue weighted by atomic mass is 10.1. The number of anilines is 1. The lowest BCUT2D eigenvalue weighted by molar-refractivity contribution is 0.154. The maximum atomic E-state index is 9.84. The first-order chi connectivity index (χ1) is 11.2. The molecule has 1 saturated heterocycles. The third-order valence-electron chi connectivity index (χ3n) is 4.35. The number of aliphatic hydroxyl groups is 1. The molecule has 0 radical (unpaired) electrons. The molecule has 6 heteroatoms. The number of fused-ring (bicyclic) bond motifs is 3. The van der Waals surface area contributed by atoms with Gasteiger partial charge in [-0.25, -0.2) is 4.98 Å². The number of β-amino-alcohol motifs (C(OH)–C–C–N with tert-alkyl or cyclic N) is 1. The van der Waals surface area contributed by atoms with Crippen LogP contribution < -0.4 is 4.90 Å². The van der Waals surface area contributed by atoms with Crippen LogP contribution in [0.25, 0.3) is 21.9 Å². The Bertz CT molecular complexity index is 817. The summed E-state index contributed by atoms with van der Waals surface area (Å²) in [6, 6.07) is 6.18. The van der Waals surface area contributed by atoms with Crippen LogP contribution >= 0.6 is 12.6 Å². The van der Waals surface area contributed by atoms with Gasteiger partial charge in [0.2, 0.25) is 0 Å². The van der Waals surface area contributed by atoms with E-state index >= 15 is 0 Å². The van der Waals surface area contributed by atoms with Gasteiger partial charge in [0, 0.05) is 43.3 Å². The first-order valence-electron chi connectivity index (χ1n) is 7.81. The van der Waals surface area contributed by atoms with Crippen LogP contribution in [-0.4, -0.2) is 45.1 Å². The minimum Gasteiger partial charge on any atom is -0.391 e. The summed E-state index contributed by atoms with van der Waals surface area (Å²) in [5.74, 6) is 0.945. The number of aryl methyl sites for hydroxylation is 1. The first-order valence-corrected chi connectivity index (χ1v) is 8.70. The Morgan fingerprint density at radius 2 is 2.04 bits per heavy atom. The molecular weight excluding hydrogens is 308 g/mol. The van der Waals surface area contributed by atoms with Gasteiger partial charge in [-0.2, -0.15) is 12.6 Å². The maximum absolute atomic E-state index is 9.84. The standard InChI is InChI=1S/C16H18N4O.CH4S/c1-19-14-6-7-17-9-13(14)12-4-5-15(18-16(12)19)20-8-2-3-11(21)10-20;1-2/h4-7,9,11,21H,2-3,8,10H2,1H3;2H,1H3. The molecule has 0 saturated carbocycles. The third kappa shape index (κ3) is 2.88. The average molecular weight is 330 g/mol. The van der Waals surface area contributed by atoms with Gasteiger partial charge in [0.15, 0.2) is 0 Å². The summed E-state index contributed by atoms with van der Waals surface area (Å²) >= 11 is 3.53. The van der Waals surface area contributed by atoms with E-state index in [9.17, 15) is 5.11 Å². The Morgan fingerprint density at radius 3 is 2.83 bits per heavy atom. The summed E-state index contributed by atoms with van der Waals surface area (Å²) in [6.45, 7) is 1.63. The van der Waals surface area contributed by atoms with Crippen molar-refractivity contribution in [1.29, 1.82) is 0 Å². The van der Waals surface area contributed by atoms with Gasteiger partial charge in [-0.3, -0.25) is 4.98 Å². The fraction of sp³-hybridized carbons (Fsp3) is 0.412. The number of aromatic nitrogens is 3. The van der Waals surface area contributed by atoms with Crippen LogP contribution in [0.3, 0.4) is 0 Å². The van der Waals surface area contributed by atoms with Gasteiger partial charge in [-0.15, -0.1) is 0 Å². The molecule has 0 bridgehead atoms. The summed E-state index contributed by atoms with van der Waals surface area (Å²) in [4.78, 5) is 11.2. The van der Waals surface area contributed by atoms with Gasteiger partial charge in [0.25, 0.3) is 0 Å². The van der Waals surface area contributed by atoms with E-state index in [0.29, 0.717) is 6.54 Å². The van der Waals surface area contributed by atoms with Crippen molar-refractivity contribution in [3.8, 4) is 0 Å². The van der Waals surface area contributed by atoms with Crippen LogP contribution in [0.15, 0.2) is 30.6 Å². The zero-order valence-electron chi connectivity index (χ0n) is 13.5. The molecule has 1 aliphatic heterocycles. The molecule has 0 aliphatic carbocycles. The normalized spacial score (nSPS) is 18.1. The van der Waals surface area contributed by atoms with E-state index in [1.807, 2.05) is 31.6 Å². The van der Waals surface area contributed by atoms with Crippen LogP contribution in [0.5, 0.6) is 0 Å². The minimum absolute atomic E-state index is 0.243. The SMILES string of the molecule is CS.Cn1c2ccncc2c2ccc(N3CCCC(O)C3)nc21. The van der Waals surface area contributed by atoms with Crippen molar-refractivity contribution < 1.29 is 5.11 Å². The van der Waals surface area contributed by atoms with Gasteiger partial charge in [0.1, 0.15) is 11.5 Å². The molecular formula is C17H22N4OS. The number of thiol groups is 1. The number of aliphatic hydroxyl groups excluding tert-OH is 1. The third-order valence-corrected chi connectivity index (χ3v) is 4.35. The fourth-order valence-corrected chi connectivity index (χ4v) is 3.24. The number of piperidine rings is 1. The molecule has 1 N–H and O–H groups in total. The molecule has 3 aromatic heterocycles. The second kappa shape index (κ2) is 6.76. The van der Waals surface area contributed by atoms with Gasteiger partial charge in [-0.1, -0.05) is 0 Å². The highest BCUT2D eigenvalue weighted by atomic mass is 32.1. The molecule has 3 aromatic rings. The fourth-order valence-electron chi connectivity index (χ4n) is 3.24. The maximum Gasteiger partial charge on any atom is 0.143 e. The molecule has 1 fully saturated rings. The predicted molar refractivity (Wildman–Crippen MR) is 98.4 cm³/mol. The highest BCUT2D eigenvalue weighted by Crippen LogP contribution is 2.28. The van der Waals surface area contributed by atoms with Crippen LogP contribution in [0, 0.1) is 0 Å². The molecule has 0 amide bonds. The van der Waals surface area contributed by atoms with Crippen molar-refractivity contribution in [3.05, 3.63) is 30.6 Å². The predicted octanol–water partition coefficient (Wildman–Crippen LogP) is 2.63. The molecule has 1 aliphatic rings. The zero-order chi connectivity index (χ0) is 16.4. The van der Waals surface area contributed by atoms with Crippen LogP contribution in [0.2, 0.25) is 0 Å². The Labute approximate surface area is 141 Å². The van der Waals surface area contributed by atoms with Crippen molar-refractivity contribution in [3.63, 3.8) is 0 Å². The van der Waals surface area contributed by atoms with Crippen molar-refractivity contribution in [1.82, 2.24) is 14.5 Å². The summed E-state index contributed by atoms with van der Waals surface area (Å²) in [5, 5.41) is 12.1. The molecule has 0 aromatic carbocycles. The molecule has 4 rings (SSSR count). The van der Waals surface area contributed by atoms with Crippen molar-refractivity contribution in [2.75, 3.05) is 24.2 Å². The lowest BCUT2D eigenvalue weighted by Gasteiger charge is -2.31.